The number of hydrogen-bond donors (Lipinski definition) is 1. The first kappa shape index (κ1) is 14.9. The van der Waals surface area contributed by atoms with E-state index in [0.29, 0.717) is 22.0 Å². The molecule has 0 aliphatic heterocycles. The van der Waals surface area contributed by atoms with Crippen molar-refractivity contribution in [3.8, 4) is 0 Å². The SMILES string of the molecule is CNC(c1ccc(Cl)c(Cl)c1)C1CCc2ccccc2C1. The Kier molecular flexibility index (Phi) is 4.54. The zero-order valence-corrected chi connectivity index (χ0v) is 13.6. The van der Waals surface area contributed by atoms with E-state index in [2.05, 4.69) is 35.6 Å². The molecule has 1 aliphatic rings. The van der Waals surface area contributed by atoms with Gasteiger partial charge in [-0.2, -0.15) is 0 Å². The molecule has 3 rings (SSSR count). The molecular weight excluding hydrogens is 301 g/mol. The minimum absolute atomic E-state index is 0.313. The van der Waals surface area contributed by atoms with Gasteiger partial charge in [-0.3, -0.25) is 0 Å². The Morgan fingerprint density at radius 3 is 2.52 bits per heavy atom. The van der Waals surface area contributed by atoms with Crippen molar-refractivity contribution in [3.05, 3.63) is 69.2 Å². The number of halogens is 2. The van der Waals surface area contributed by atoms with E-state index in [1.54, 1.807) is 0 Å². The third kappa shape index (κ3) is 3.11. The maximum Gasteiger partial charge on any atom is 0.0595 e. The number of hydrogen-bond acceptors (Lipinski definition) is 1. The lowest BCUT2D eigenvalue weighted by atomic mass is 9.78. The third-order valence-electron chi connectivity index (χ3n) is 4.47. The van der Waals surface area contributed by atoms with E-state index in [1.165, 1.54) is 23.1 Å². The first-order valence-corrected chi connectivity index (χ1v) is 8.13. The second kappa shape index (κ2) is 6.39. The molecule has 0 saturated carbocycles. The molecule has 3 heteroatoms. The van der Waals surface area contributed by atoms with Crippen molar-refractivity contribution >= 4 is 23.2 Å². The molecule has 2 atom stereocenters. The van der Waals surface area contributed by atoms with Gasteiger partial charge in [0.05, 0.1) is 10.0 Å². The summed E-state index contributed by atoms with van der Waals surface area (Å²) < 4.78 is 0. The van der Waals surface area contributed by atoms with Crippen molar-refractivity contribution in [3.63, 3.8) is 0 Å². The van der Waals surface area contributed by atoms with Gasteiger partial charge in [0.2, 0.25) is 0 Å². The van der Waals surface area contributed by atoms with E-state index in [4.69, 9.17) is 23.2 Å². The molecule has 0 aromatic heterocycles. The molecule has 110 valence electrons. The predicted octanol–water partition coefficient (Wildman–Crippen LogP) is 5.06. The molecule has 0 spiro atoms. The van der Waals surface area contributed by atoms with Gasteiger partial charge in [-0.25, -0.2) is 0 Å². The van der Waals surface area contributed by atoms with Crippen LogP contribution < -0.4 is 5.32 Å². The first-order chi connectivity index (χ1) is 10.2. The lowest BCUT2D eigenvalue weighted by Crippen LogP contribution is -2.29. The van der Waals surface area contributed by atoms with Gasteiger partial charge in [0.25, 0.3) is 0 Å². The molecule has 1 N–H and O–H groups in total. The molecule has 2 aromatic carbocycles. The van der Waals surface area contributed by atoms with Crippen LogP contribution in [-0.2, 0) is 12.8 Å². The van der Waals surface area contributed by atoms with Gasteiger partial charge >= 0.3 is 0 Å². The molecule has 2 aromatic rings. The summed E-state index contributed by atoms with van der Waals surface area (Å²) in [6, 6.07) is 15.0. The number of aryl methyl sites for hydroxylation is 1. The first-order valence-electron chi connectivity index (χ1n) is 7.38. The zero-order chi connectivity index (χ0) is 14.8. The Bertz CT molecular complexity index is 639. The fourth-order valence-electron chi connectivity index (χ4n) is 3.39. The van der Waals surface area contributed by atoms with Gasteiger partial charge in [-0.15, -0.1) is 0 Å². The standard InChI is InChI=1S/C18H19Cl2N/c1-21-18(15-8-9-16(19)17(20)11-15)14-7-6-12-4-2-3-5-13(12)10-14/h2-5,8-9,11,14,18,21H,6-7,10H2,1H3. The molecule has 1 aliphatic carbocycles. The monoisotopic (exact) mass is 319 g/mol. The Morgan fingerprint density at radius 2 is 1.81 bits per heavy atom. The van der Waals surface area contributed by atoms with Crippen molar-refractivity contribution in [2.45, 2.75) is 25.3 Å². The Labute approximate surface area is 136 Å². The van der Waals surface area contributed by atoms with Crippen LogP contribution in [0.1, 0.15) is 29.2 Å². The normalized spacial score (nSPS) is 19.1. The second-order valence-corrected chi connectivity index (χ2v) is 6.53. The number of benzene rings is 2. The maximum absolute atomic E-state index is 6.18. The van der Waals surface area contributed by atoms with Crippen molar-refractivity contribution in [2.75, 3.05) is 7.05 Å². The summed E-state index contributed by atoms with van der Waals surface area (Å²) in [4.78, 5) is 0. The molecule has 1 nitrogen and oxygen atoms in total. The van der Waals surface area contributed by atoms with E-state index in [-0.39, 0.29) is 0 Å². The summed E-state index contributed by atoms with van der Waals surface area (Å²) >= 11 is 12.2. The fraction of sp³-hybridized carbons (Fsp3) is 0.333. The summed E-state index contributed by atoms with van der Waals surface area (Å²) in [5.74, 6) is 0.585. The predicted molar refractivity (Wildman–Crippen MR) is 90.2 cm³/mol. The van der Waals surface area contributed by atoms with E-state index >= 15 is 0 Å². The molecule has 0 radical (unpaired) electrons. The Morgan fingerprint density at radius 1 is 1.05 bits per heavy atom. The van der Waals surface area contributed by atoms with Crippen LogP contribution in [0.5, 0.6) is 0 Å². The molecular formula is C18H19Cl2N. The highest BCUT2D eigenvalue weighted by Gasteiger charge is 2.26. The molecule has 21 heavy (non-hydrogen) atoms. The summed E-state index contributed by atoms with van der Waals surface area (Å²) in [5, 5.41) is 4.71. The van der Waals surface area contributed by atoms with E-state index in [0.717, 1.165) is 12.8 Å². The summed E-state index contributed by atoms with van der Waals surface area (Å²) in [5.41, 5.74) is 4.20. The number of nitrogens with one attached hydrogen (secondary N) is 1. The average molecular weight is 320 g/mol. The van der Waals surface area contributed by atoms with Gasteiger partial charge in [-0.1, -0.05) is 53.5 Å². The van der Waals surface area contributed by atoms with Crippen LogP contribution in [0, 0.1) is 5.92 Å². The lowest BCUT2D eigenvalue weighted by molar-refractivity contribution is 0.342. The van der Waals surface area contributed by atoms with Crippen LogP contribution in [-0.4, -0.2) is 7.05 Å². The topological polar surface area (TPSA) is 12.0 Å². The highest BCUT2D eigenvalue weighted by Crippen LogP contribution is 2.35. The van der Waals surface area contributed by atoms with Crippen LogP contribution in [0.2, 0.25) is 10.0 Å². The maximum atomic E-state index is 6.18. The van der Waals surface area contributed by atoms with Crippen LogP contribution in [0.4, 0.5) is 0 Å². The van der Waals surface area contributed by atoms with Gasteiger partial charge in [0, 0.05) is 6.04 Å². The largest absolute Gasteiger partial charge is 0.313 e. The van der Waals surface area contributed by atoms with Gasteiger partial charge in [-0.05, 0) is 61.1 Å². The third-order valence-corrected chi connectivity index (χ3v) is 5.21. The lowest BCUT2D eigenvalue weighted by Gasteiger charge is -2.32. The smallest absolute Gasteiger partial charge is 0.0595 e. The molecule has 0 bridgehead atoms. The Hall–Kier alpha value is -1.02. The second-order valence-electron chi connectivity index (χ2n) is 5.71. The minimum Gasteiger partial charge on any atom is -0.313 e. The van der Waals surface area contributed by atoms with Crippen molar-refractivity contribution in [2.24, 2.45) is 5.92 Å². The summed E-state index contributed by atoms with van der Waals surface area (Å²) in [6.07, 6.45) is 3.46. The molecule has 2 unspecified atom stereocenters. The van der Waals surface area contributed by atoms with Crippen LogP contribution in [0.25, 0.3) is 0 Å². The zero-order valence-electron chi connectivity index (χ0n) is 12.1. The van der Waals surface area contributed by atoms with Crippen LogP contribution in [0.3, 0.4) is 0 Å². The molecule has 0 saturated heterocycles. The fourth-order valence-corrected chi connectivity index (χ4v) is 3.70. The summed E-state index contributed by atoms with van der Waals surface area (Å²) in [7, 11) is 2.02. The van der Waals surface area contributed by atoms with E-state index in [1.807, 2.05) is 19.2 Å². The average Bonchev–Trinajstić information content (AvgIpc) is 2.51. The van der Waals surface area contributed by atoms with Gasteiger partial charge in [0.15, 0.2) is 0 Å². The molecule has 0 heterocycles. The molecule has 0 fully saturated rings. The van der Waals surface area contributed by atoms with Crippen molar-refractivity contribution in [1.29, 1.82) is 0 Å². The quantitative estimate of drug-likeness (QED) is 0.833. The highest BCUT2D eigenvalue weighted by atomic mass is 35.5. The van der Waals surface area contributed by atoms with E-state index < -0.39 is 0 Å². The summed E-state index contributed by atoms with van der Waals surface area (Å²) in [6.45, 7) is 0. The van der Waals surface area contributed by atoms with Crippen molar-refractivity contribution < 1.29 is 0 Å². The highest BCUT2D eigenvalue weighted by molar-refractivity contribution is 6.42. The van der Waals surface area contributed by atoms with Crippen LogP contribution >= 0.6 is 23.2 Å². The van der Waals surface area contributed by atoms with Crippen LogP contribution in [0.15, 0.2) is 42.5 Å². The number of rotatable bonds is 3. The number of fused-ring (bicyclic) bond motifs is 1. The van der Waals surface area contributed by atoms with Crippen molar-refractivity contribution in [1.82, 2.24) is 5.32 Å². The van der Waals surface area contributed by atoms with Gasteiger partial charge < -0.3 is 5.32 Å². The minimum atomic E-state index is 0.313. The van der Waals surface area contributed by atoms with Gasteiger partial charge in [0.1, 0.15) is 0 Å². The Balaban J connectivity index is 1.86. The van der Waals surface area contributed by atoms with E-state index in [9.17, 15) is 0 Å². The molecule has 0 amide bonds.